The second-order valence-corrected chi connectivity index (χ2v) is 6.53. The van der Waals surface area contributed by atoms with Gasteiger partial charge in [0.1, 0.15) is 6.04 Å². The molecule has 0 fully saturated rings. The largest absolute Gasteiger partial charge is 0.361 e. The van der Waals surface area contributed by atoms with Crippen LogP contribution in [0.4, 0.5) is 5.69 Å². The van der Waals surface area contributed by atoms with Gasteiger partial charge in [0.15, 0.2) is 0 Å². The van der Waals surface area contributed by atoms with Gasteiger partial charge in [0.2, 0.25) is 11.8 Å². The number of nitrogens with zero attached hydrogens (tertiary/aromatic N) is 4. The van der Waals surface area contributed by atoms with Gasteiger partial charge in [0, 0.05) is 42.8 Å². The van der Waals surface area contributed by atoms with Crippen molar-refractivity contribution in [2.45, 2.75) is 19.4 Å². The molecule has 0 aliphatic heterocycles. The van der Waals surface area contributed by atoms with Crippen LogP contribution in [0.5, 0.6) is 0 Å². The number of fused-ring (bicyclic) bond motifs is 1. The predicted octanol–water partition coefficient (Wildman–Crippen LogP) is 1.83. The summed E-state index contributed by atoms with van der Waals surface area (Å²) in [5.74, 6) is -0.235. The monoisotopic (exact) mass is 389 g/mol. The standard InChI is InChI=1S/C20H19N7O2/c1-13(28)25-18(9-14-10-21-17-6-3-2-5-16(14)17)19(29)26-15-11-22-20(23-12-15)27-8-4-7-24-27/h2-8,10-12,18,21H,9H2,1H3,(H,25,28)(H,26,29). The third kappa shape index (κ3) is 4.13. The molecule has 146 valence electrons. The van der Waals surface area contributed by atoms with E-state index in [0.29, 0.717) is 18.1 Å². The summed E-state index contributed by atoms with van der Waals surface area (Å²) in [6.45, 7) is 1.39. The smallest absolute Gasteiger partial charge is 0.250 e. The van der Waals surface area contributed by atoms with E-state index in [1.54, 1.807) is 18.5 Å². The van der Waals surface area contributed by atoms with Crippen molar-refractivity contribution in [1.29, 1.82) is 0 Å². The third-order valence-corrected chi connectivity index (χ3v) is 4.41. The van der Waals surface area contributed by atoms with Crippen LogP contribution in [0.1, 0.15) is 12.5 Å². The number of benzene rings is 1. The van der Waals surface area contributed by atoms with E-state index >= 15 is 0 Å². The number of para-hydroxylation sites is 1. The predicted molar refractivity (Wildman–Crippen MR) is 107 cm³/mol. The van der Waals surface area contributed by atoms with Crippen molar-refractivity contribution in [3.8, 4) is 5.95 Å². The average molecular weight is 389 g/mol. The number of hydrogen-bond donors (Lipinski definition) is 3. The van der Waals surface area contributed by atoms with Gasteiger partial charge in [0.25, 0.3) is 5.95 Å². The molecular formula is C20H19N7O2. The van der Waals surface area contributed by atoms with Crippen molar-refractivity contribution >= 4 is 28.4 Å². The summed E-state index contributed by atoms with van der Waals surface area (Å²) < 4.78 is 1.52. The first-order valence-electron chi connectivity index (χ1n) is 9.05. The van der Waals surface area contributed by atoms with Crippen LogP contribution in [0.2, 0.25) is 0 Å². The summed E-state index contributed by atoms with van der Waals surface area (Å²) in [6, 6.07) is 8.84. The van der Waals surface area contributed by atoms with Crippen LogP contribution in [0.15, 0.2) is 61.3 Å². The first-order valence-corrected chi connectivity index (χ1v) is 9.05. The van der Waals surface area contributed by atoms with Crippen LogP contribution in [-0.4, -0.2) is 42.6 Å². The Labute approximate surface area is 166 Å². The molecule has 1 atom stereocenters. The normalized spacial score (nSPS) is 11.9. The summed E-state index contributed by atoms with van der Waals surface area (Å²) >= 11 is 0. The Balaban J connectivity index is 1.50. The van der Waals surface area contributed by atoms with E-state index in [0.717, 1.165) is 16.5 Å². The molecule has 29 heavy (non-hydrogen) atoms. The summed E-state index contributed by atoms with van der Waals surface area (Å²) in [7, 11) is 0. The molecule has 9 nitrogen and oxygen atoms in total. The van der Waals surface area contributed by atoms with Crippen LogP contribution < -0.4 is 10.6 Å². The number of hydrogen-bond acceptors (Lipinski definition) is 5. The van der Waals surface area contributed by atoms with Gasteiger partial charge in [-0.15, -0.1) is 0 Å². The number of aromatic nitrogens is 5. The molecule has 1 unspecified atom stereocenters. The Morgan fingerprint density at radius 2 is 1.97 bits per heavy atom. The third-order valence-electron chi connectivity index (χ3n) is 4.41. The maximum atomic E-state index is 12.8. The van der Waals surface area contributed by atoms with Gasteiger partial charge in [0.05, 0.1) is 18.1 Å². The molecule has 0 aliphatic carbocycles. The van der Waals surface area contributed by atoms with Crippen LogP contribution in [0.25, 0.3) is 16.9 Å². The highest BCUT2D eigenvalue weighted by molar-refractivity contribution is 5.97. The van der Waals surface area contributed by atoms with Gasteiger partial charge in [-0.25, -0.2) is 14.6 Å². The second-order valence-electron chi connectivity index (χ2n) is 6.53. The molecule has 3 aromatic heterocycles. The maximum absolute atomic E-state index is 12.8. The minimum absolute atomic E-state index is 0.282. The lowest BCUT2D eigenvalue weighted by atomic mass is 10.0. The minimum Gasteiger partial charge on any atom is -0.361 e. The van der Waals surface area contributed by atoms with E-state index in [4.69, 9.17) is 0 Å². The van der Waals surface area contributed by atoms with Crippen molar-refractivity contribution in [2.75, 3.05) is 5.32 Å². The van der Waals surface area contributed by atoms with E-state index in [1.165, 1.54) is 24.0 Å². The molecule has 2 amide bonds. The summed E-state index contributed by atoms with van der Waals surface area (Å²) in [5.41, 5.74) is 2.35. The fourth-order valence-corrected chi connectivity index (χ4v) is 3.10. The van der Waals surface area contributed by atoms with Crippen molar-refractivity contribution in [3.63, 3.8) is 0 Å². The zero-order chi connectivity index (χ0) is 20.2. The van der Waals surface area contributed by atoms with E-state index in [1.807, 2.05) is 30.5 Å². The lowest BCUT2D eigenvalue weighted by Gasteiger charge is -2.17. The number of nitrogens with one attached hydrogen (secondary N) is 3. The fraction of sp³-hybridized carbons (Fsp3) is 0.150. The van der Waals surface area contributed by atoms with E-state index in [-0.39, 0.29) is 11.8 Å². The van der Waals surface area contributed by atoms with Gasteiger partial charge < -0.3 is 15.6 Å². The average Bonchev–Trinajstić information content (AvgIpc) is 3.38. The molecule has 0 bridgehead atoms. The number of rotatable bonds is 6. The molecule has 1 aromatic carbocycles. The van der Waals surface area contributed by atoms with Crippen molar-refractivity contribution in [2.24, 2.45) is 0 Å². The zero-order valence-electron chi connectivity index (χ0n) is 15.7. The summed E-state index contributed by atoms with van der Waals surface area (Å²) in [4.78, 5) is 36.0. The quantitative estimate of drug-likeness (QED) is 0.465. The highest BCUT2D eigenvalue weighted by Gasteiger charge is 2.22. The van der Waals surface area contributed by atoms with Gasteiger partial charge in [-0.05, 0) is 17.7 Å². The molecule has 4 rings (SSSR count). The lowest BCUT2D eigenvalue weighted by molar-refractivity contribution is -0.125. The number of carbonyl (C=O) groups excluding carboxylic acids is 2. The Kier molecular flexibility index (Phi) is 5.02. The number of carbonyl (C=O) groups is 2. The lowest BCUT2D eigenvalue weighted by Crippen LogP contribution is -2.44. The van der Waals surface area contributed by atoms with Gasteiger partial charge in [-0.1, -0.05) is 18.2 Å². The Morgan fingerprint density at radius 1 is 1.17 bits per heavy atom. The number of aromatic amines is 1. The van der Waals surface area contributed by atoms with Crippen LogP contribution >= 0.6 is 0 Å². The van der Waals surface area contributed by atoms with E-state index in [2.05, 4.69) is 30.7 Å². The van der Waals surface area contributed by atoms with Gasteiger partial charge >= 0.3 is 0 Å². The Bertz CT molecular complexity index is 1130. The topological polar surface area (TPSA) is 118 Å². The molecule has 9 heteroatoms. The Hall–Kier alpha value is -4.01. The highest BCUT2D eigenvalue weighted by atomic mass is 16.2. The fourth-order valence-electron chi connectivity index (χ4n) is 3.10. The van der Waals surface area contributed by atoms with Gasteiger partial charge in [-0.2, -0.15) is 5.10 Å². The highest BCUT2D eigenvalue weighted by Crippen LogP contribution is 2.19. The van der Waals surface area contributed by atoms with Gasteiger partial charge in [-0.3, -0.25) is 9.59 Å². The Morgan fingerprint density at radius 3 is 2.69 bits per heavy atom. The van der Waals surface area contributed by atoms with Crippen LogP contribution in [0, 0.1) is 0 Å². The molecule has 0 saturated heterocycles. The molecule has 0 spiro atoms. The van der Waals surface area contributed by atoms with E-state index < -0.39 is 6.04 Å². The molecular weight excluding hydrogens is 370 g/mol. The zero-order valence-corrected chi connectivity index (χ0v) is 15.7. The van der Waals surface area contributed by atoms with Crippen molar-refractivity contribution in [1.82, 2.24) is 30.0 Å². The maximum Gasteiger partial charge on any atom is 0.250 e. The molecule has 0 saturated carbocycles. The molecule has 0 aliphatic rings. The first kappa shape index (κ1) is 18.4. The summed E-state index contributed by atoms with van der Waals surface area (Å²) in [5, 5.41) is 10.6. The molecule has 3 heterocycles. The minimum atomic E-state index is -0.738. The van der Waals surface area contributed by atoms with Crippen molar-refractivity contribution < 1.29 is 9.59 Å². The molecule has 0 radical (unpaired) electrons. The molecule has 3 N–H and O–H groups in total. The van der Waals surface area contributed by atoms with Crippen LogP contribution in [-0.2, 0) is 16.0 Å². The number of amides is 2. The first-order chi connectivity index (χ1) is 14.1. The summed E-state index contributed by atoms with van der Waals surface area (Å²) in [6.07, 6.45) is 8.55. The van der Waals surface area contributed by atoms with Crippen molar-refractivity contribution in [3.05, 3.63) is 66.9 Å². The second kappa shape index (κ2) is 7.93. The van der Waals surface area contributed by atoms with E-state index in [9.17, 15) is 9.59 Å². The molecule has 4 aromatic rings. The SMILES string of the molecule is CC(=O)NC(Cc1c[nH]c2ccccc12)C(=O)Nc1cnc(-n2cccn2)nc1. The number of H-pyrrole nitrogens is 1. The number of anilines is 1. The van der Waals surface area contributed by atoms with Crippen LogP contribution in [0.3, 0.4) is 0 Å².